The Hall–Kier alpha value is -2.89. The van der Waals surface area contributed by atoms with Crippen LogP contribution < -0.4 is 15.2 Å². The minimum Gasteiger partial charge on any atom is -0.476 e. The first-order valence-corrected chi connectivity index (χ1v) is 7.37. The van der Waals surface area contributed by atoms with E-state index in [0.29, 0.717) is 17.4 Å². The van der Waals surface area contributed by atoms with Gasteiger partial charge in [0.2, 0.25) is 5.88 Å². The molecular formula is C11H12N8O3S. The number of rotatable bonds is 6. The summed E-state index contributed by atoms with van der Waals surface area (Å²) in [6, 6.07) is 0. The standard InChI is InChI=1S/C11H12N8O3S/c1-3-21-9-7(6-22-10-12-4-5-23-10)8(13-15-14-9)19-11(20)18(2)16-17-19/h4-5H,3,6H2,1-2H3/i4T. The Labute approximate surface area is 134 Å². The lowest BCUT2D eigenvalue weighted by Gasteiger charge is -2.10. The maximum absolute atomic E-state index is 12.1. The van der Waals surface area contributed by atoms with Crippen LogP contribution in [0.15, 0.2) is 16.3 Å². The van der Waals surface area contributed by atoms with Gasteiger partial charge in [-0.25, -0.2) is 9.78 Å². The highest BCUT2D eigenvalue weighted by Crippen LogP contribution is 2.22. The van der Waals surface area contributed by atoms with Gasteiger partial charge in [-0.3, -0.25) is 0 Å². The van der Waals surface area contributed by atoms with E-state index in [2.05, 4.69) is 30.8 Å². The Morgan fingerprint density at radius 1 is 1.35 bits per heavy atom. The minimum absolute atomic E-state index is 0.0385. The maximum Gasteiger partial charge on any atom is 0.369 e. The van der Waals surface area contributed by atoms with Crippen LogP contribution in [0.5, 0.6) is 11.1 Å². The van der Waals surface area contributed by atoms with Gasteiger partial charge in [0.25, 0.3) is 5.19 Å². The second-order valence-corrected chi connectivity index (χ2v) is 4.98. The molecule has 0 radical (unpaired) electrons. The second-order valence-electron chi connectivity index (χ2n) is 4.16. The van der Waals surface area contributed by atoms with Gasteiger partial charge in [-0.2, -0.15) is 4.68 Å². The smallest absolute Gasteiger partial charge is 0.369 e. The van der Waals surface area contributed by atoms with Crippen LogP contribution in [0.2, 0.25) is 0 Å². The number of aromatic nitrogens is 8. The number of hydrogen-bond donors (Lipinski definition) is 0. The zero-order chi connectivity index (χ0) is 17.1. The third-order valence-electron chi connectivity index (χ3n) is 2.71. The van der Waals surface area contributed by atoms with Crippen LogP contribution in [-0.4, -0.2) is 46.8 Å². The predicted octanol–water partition coefficient (Wildman–Crippen LogP) is -0.415. The molecule has 0 aromatic carbocycles. The van der Waals surface area contributed by atoms with E-state index in [1.165, 1.54) is 23.8 Å². The van der Waals surface area contributed by atoms with E-state index in [4.69, 9.17) is 10.8 Å². The summed E-state index contributed by atoms with van der Waals surface area (Å²) in [6.07, 6.45) is 0.108. The third kappa shape index (κ3) is 3.01. The summed E-state index contributed by atoms with van der Waals surface area (Å²) >= 11 is 1.18. The van der Waals surface area contributed by atoms with Crippen molar-refractivity contribution in [1.29, 1.82) is 0 Å². The molecule has 120 valence electrons. The molecule has 3 aromatic heterocycles. The summed E-state index contributed by atoms with van der Waals surface area (Å²) in [5.41, 5.74) is -0.127. The molecule has 0 aliphatic rings. The molecule has 0 N–H and O–H groups in total. The molecule has 0 fully saturated rings. The Bertz CT molecular complexity index is 907. The van der Waals surface area contributed by atoms with E-state index in [-0.39, 0.29) is 24.5 Å². The molecule has 0 amide bonds. The first kappa shape index (κ1) is 13.8. The van der Waals surface area contributed by atoms with Crippen molar-refractivity contribution in [3.63, 3.8) is 0 Å². The molecule has 3 heterocycles. The number of tetrazole rings is 1. The fourth-order valence-corrected chi connectivity index (χ4v) is 2.14. The molecule has 0 saturated heterocycles. The molecule has 0 spiro atoms. The van der Waals surface area contributed by atoms with Crippen molar-refractivity contribution in [1.82, 2.24) is 40.2 Å². The molecular weight excluding hydrogens is 324 g/mol. The Morgan fingerprint density at radius 3 is 2.87 bits per heavy atom. The summed E-state index contributed by atoms with van der Waals surface area (Å²) in [4.78, 5) is 16.0. The number of thiazole rings is 1. The average Bonchev–Trinajstić information content (AvgIpc) is 3.13. The number of aryl methyl sites for hydroxylation is 1. The molecule has 12 heteroatoms. The Kier molecular flexibility index (Phi) is 3.87. The van der Waals surface area contributed by atoms with Crippen molar-refractivity contribution in [3.05, 3.63) is 27.6 Å². The molecule has 0 atom stereocenters. The van der Waals surface area contributed by atoms with Crippen LogP contribution in [0.4, 0.5) is 0 Å². The second kappa shape index (κ2) is 6.48. The largest absolute Gasteiger partial charge is 0.476 e. The zero-order valence-corrected chi connectivity index (χ0v) is 13.0. The fourth-order valence-electron chi connectivity index (χ4n) is 1.70. The van der Waals surface area contributed by atoms with Gasteiger partial charge < -0.3 is 9.47 Å². The minimum atomic E-state index is -0.498. The van der Waals surface area contributed by atoms with Crippen molar-refractivity contribution < 1.29 is 10.8 Å². The van der Waals surface area contributed by atoms with Crippen LogP contribution in [0.25, 0.3) is 5.82 Å². The quantitative estimate of drug-likeness (QED) is 0.589. The maximum atomic E-state index is 12.1. The van der Waals surface area contributed by atoms with Crippen molar-refractivity contribution in [2.45, 2.75) is 13.5 Å². The highest BCUT2D eigenvalue weighted by molar-refractivity contribution is 7.11. The van der Waals surface area contributed by atoms with Crippen LogP contribution >= 0.6 is 11.3 Å². The van der Waals surface area contributed by atoms with Crippen LogP contribution in [0, 0.1) is 0 Å². The molecule has 0 aliphatic carbocycles. The molecule has 0 unspecified atom stereocenters. The summed E-state index contributed by atoms with van der Waals surface area (Å²) in [5.74, 6) is 0.275. The van der Waals surface area contributed by atoms with Gasteiger partial charge >= 0.3 is 5.69 Å². The molecule has 23 heavy (non-hydrogen) atoms. The van der Waals surface area contributed by atoms with Crippen molar-refractivity contribution in [2.24, 2.45) is 7.05 Å². The lowest BCUT2D eigenvalue weighted by molar-refractivity contribution is 0.274. The summed E-state index contributed by atoms with van der Waals surface area (Å²) in [5, 5.41) is 20.5. The van der Waals surface area contributed by atoms with Gasteiger partial charge in [0.15, 0.2) is 5.82 Å². The predicted molar refractivity (Wildman–Crippen MR) is 77.6 cm³/mol. The van der Waals surface area contributed by atoms with Crippen LogP contribution in [-0.2, 0) is 13.7 Å². The summed E-state index contributed by atoms with van der Waals surface area (Å²) in [6.45, 7) is 2.09. The first-order valence-electron chi connectivity index (χ1n) is 6.99. The number of nitrogens with zero attached hydrogens (tertiary/aromatic N) is 8. The SMILES string of the molecule is [3H]c1csc(OCc2c(OCC)nnnc2-n2nnn(C)c2=O)n1. The van der Waals surface area contributed by atoms with Crippen molar-refractivity contribution in [2.75, 3.05) is 6.61 Å². The Balaban J connectivity index is 2.00. The van der Waals surface area contributed by atoms with Gasteiger partial charge in [0.1, 0.15) is 12.2 Å². The van der Waals surface area contributed by atoms with E-state index in [9.17, 15) is 4.79 Å². The van der Waals surface area contributed by atoms with E-state index < -0.39 is 5.69 Å². The first-order chi connectivity index (χ1) is 11.6. The lowest BCUT2D eigenvalue weighted by atomic mass is 10.3. The molecule has 11 nitrogen and oxygen atoms in total. The Morgan fingerprint density at radius 2 is 2.22 bits per heavy atom. The molecule has 0 bridgehead atoms. The zero-order valence-electron chi connectivity index (χ0n) is 13.2. The van der Waals surface area contributed by atoms with Gasteiger partial charge in [-0.1, -0.05) is 16.4 Å². The van der Waals surface area contributed by atoms with Crippen LogP contribution in [0.3, 0.4) is 0 Å². The summed E-state index contributed by atoms with van der Waals surface area (Å²) < 4.78 is 20.4. The van der Waals surface area contributed by atoms with Gasteiger partial charge in [0.05, 0.1) is 7.98 Å². The monoisotopic (exact) mass is 338 g/mol. The van der Waals surface area contributed by atoms with E-state index in [0.717, 1.165) is 9.36 Å². The third-order valence-corrected chi connectivity index (χ3v) is 3.35. The van der Waals surface area contributed by atoms with Gasteiger partial charge in [-0.05, 0) is 22.6 Å². The fraction of sp³-hybridized carbons (Fsp3) is 0.364. The highest BCUT2D eigenvalue weighted by atomic mass is 32.1. The molecule has 0 saturated carbocycles. The average molecular weight is 338 g/mol. The van der Waals surface area contributed by atoms with E-state index >= 15 is 0 Å². The normalized spacial score (nSPS) is 11.3. The topological polar surface area (TPSA) is 123 Å². The number of hydrogen-bond acceptors (Lipinski definition) is 10. The number of ether oxygens (including phenoxy) is 2. The van der Waals surface area contributed by atoms with Gasteiger partial charge in [-0.15, -0.1) is 9.78 Å². The molecule has 0 aliphatic heterocycles. The molecule has 3 rings (SSSR count). The van der Waals surface area contributed by atoms with Crippen molar-refractivity contribution in [3.8, 4) is 16.9 Å². The molecule has 3 aromatic rings. The van der Waals surface area contributed by atoms with Crippen LogP contribution in [0.1, 0.15) is 13.9 Å². The highest BCUT2D eigenvalue weighted by Gasteiger charge is 2.20. The van der Waals surface area contributed by atoms with Gasteiger partial charge in [0, 0.05) is 18.6 Å². The van der Waals surface area contributed by atoms with Crippen molar-refractivity contribution >= 4 is 11.3 Å². The van der Waals surface area contributed by atoms with E-state index in [1.54, 1.807) is 6.92 Å². The summed E-state index contributed by atoms with van der Waals surface area (Å²) in [7, 11) is 1.46. The van der Waals surface area contributed by atoms with E-state index in [1.807, 2.05) is 0 Å². The lowest BCUT2D eigenvalue weighted by Crippen LogP contribution is -2.25.